The monoisotopic (exact) mass is 323 g/mol. The first kappa shape index (κ1) is 14.3. The minimum Gasteiger partial charge on any atom is -0.312 e. The van der Waals surface area contributed by atoms with Gasteiger partial charge in [-0.25, -0.2) is 0 Å². The second-order valence-corrected chi connectivity index (χ2v) is 6.14. The van der Waals surface area contributed by atoms with Gasteiger partial charge in [0.05, 0.1) is 5.92 Å². The number of amides is 1. The summed E-state index contributed by atoms with van der Waals surface area (Å²) in [6, 6.07) is 7.65. The lowest BCUT2D eigenvalue weighted by Crippen LogP contribution is -2.45. The molecule has 1 amide bonds. The molecule has 102 valence electrons. The molecule has 19 heavy (non-hydrogen) atoms. The van der Waals surface area contributed by atoms with Crippen LogP contribution in [0.4, 0.5) is 5.69 Å². The summed E-state index contributed by atoms with van der Waals surface area (Å²) in [5.74, 6) is -0.545. The molecule has 1 aromatic carbocycles. The van der Waals surface area contributed by atoms with Crippen LogP contribution in [0.25, 0.3) is 0 Å². The van der Waals surface area contributed by atoms with Crippen LogP contribution in [0.3, 0.4) is 0 Å². The van der Waals surface area contributed by atoms with E-state index in [2.05, 4.69) is 15.9 Å². The number of carbonyl (C=O) groups is 2. The second-order valence-electron chi connectivity index (χ2n) is 5.22. The minimum absolute atomic E-state index is 0.0527. The van der Waals surface area contributed by atoms with E-state index in [-0.39, 0.29) is 17.6 Å². The molecule has 1 aliphatic heterocycles. The normalized spacial score (nSPS) is 19.9. The van der Waals surface area contributed by atoms with Gasteiger partial charge in [0.2, 0.25) is 5.91 Å². The third kappa shape index (κ3) is 3.06. The molecule has 1 aromatic rings. The van der Waals surface area contributed by atoms with Crippen LogP contribution in [0.15, 0.2) is 28.7 Å². The maximum Gasteiger partial charge on any atom is 0.237 e. The van der Waals surface area contributed by atoms with Crippen molar-refractivity contribution in [3.63, 3.8) is 0 Å². The van der Waals surface area contributed by atoms with Crippen molar-refractivity contribution >= 4 is 33.3 Å². The van der Waals surface area contributed by atoms with Crippen molar-refractivity contribution in [1.82, 2.24) is 0 Å². The smallest absolute Gasteiger partial charge is 0.237 e. The van der Waals surface area contributed by atoms with E-state index in [1.54, 1.807) is 4.90 Å². The molecule has 2 rings (SSSR count). The van der Waals surface area contributed by atoms with Crippen molar-refractivity contribution in [1.29, 1.82) is 0 Å². The van der Waals surface area contributed by atoms with Gasteiger partial charge < -0.3 is 4.90 Å². The van der Waals surface area contributed by atoms with Crippen molar-refractivity contribution in [2.75, 3.05) is 11.4 Å². The molecule has 1 heterocycles. The van der Waals surface area contributed by atoms with Crippen molar-refractivity contribution < 1.29 is 9.59 Å². The lowest BCUT2D eigenvalue weighted by Gasteiger charge is -2.32. The molecule has 0 N–H and O–H groups in total. The van der Waals surface area contributed by atoms with Crippen LogP contribution in [0.2, 0.25) is 0 Å². The number of hydrogen-bond acceptors (Lipinski definition) is 2. The van der Waals surface area contributed by atoms with Crippen LogP contribution in [0.1, 0.15) is 26.7 Å². The Kier molecular flexibility index (Phi) is 4.40. The number of carbonyl (C=O) groups excluding carboxylic acids is 2. The third-order valence-corrected chi connectivity index (χ3v) is 3.96. The number of rotatable bonds is 3. The number of Topliss-reactive ketones (excluding diaryl/α,β-unsaturated/α-hetero) is 1. The van der Waals surface area contributed by atoms with E-state index in [1.165, 1.54) is 0 Å². The van der Waals surface area contributed by atoms with Crippen LogP contribution in [-0.4, -0.2) is 18.2 Å². The highest BCUT2D eigenvalue weighted by atomic mass is 79.9. The average Bonchev–Trinajstić information content (AvgIpc) is 2.38. The Balaban J connectivity index is 2.23. The summed E-state index contributed by atoms with van der Waals surface area (Å²) in [6.45, 7) is 4.40. The molecular formula is C15H18BrNO2. The highest BCUT2D eigenvalue weighted by Crippen LogP contribution is 2.28. The minimum atomic E-state index is -0.465. The summed E-state index contributed by atoms with van der Waals surface area (Å²) in [7, 11) is 0. The lowest BCUT2D eigenvalue weighted by molar-refractivity contribution is -0.135. The van der Waals surface area contributed by atoms with Gasteiger partial charge in [-0.05, 0) is 31.0 Å². The van der Waals surface area contributed by atoms with Gasteiger partial charge in [-0.3, -0.25) is 9.59 Å². The quantitative estimate of drug-likeness (QED) is 0.799. The molecule has 1 saturated heterocycles. The summed E-state index contributed by atoms with van der Waals surface area (Å²) in [6.07, 6.45) is 1.56. The highest BCUT2D eigenvalue weighted by Gasteiger charge is 2.35. The number of benzene rings is 1. The molecule has 0 aromatic heterocycles. The van der Waals surface area contributed by atoms with E-state index in [1.807, 2.05) is 38.1 Å². The Labute approximate surface area is 122 Å². The first-order valence-electron chi connectivity index (χ1n) is 6.61. The topological polar surface area (TPSA) is 37.4 Å². The summed E-state index contributed by atoms with van der Waals surface area (Å²) in [4.78, 5) is 26.3. The molecule has 0 radical (unpaired) electrons. The van der Waals surface area contributed by atoms with E-state index < -0.39 is 5.92 Å². The fourth-order valence-corrected chi connectivity index (χ4v) is 2.83. The predicted molar refractivity (Wildman–Crippen MR) is 79.1 cm³/mol. The highest BCUT2D eigenvalue weighted by molar-refractivity contribution is 9.10. The Morgan fingerprint density at radius 3 is 2.79 bits per heavy atom. The molecule has 1 aliphatic rings. The van der Waals surface area contributed by atoms with E-state index in [4.69, 9.17) is 0 Å². The molecule has 3 nitrogen and oxygen atoms in total. The van der Waals surface area contributed by atoms with Gasteiger partial charge >= 0.3 is 0 Å². The van der Waals surface area contributed by atoms with E-state index >= 15 is 0 Å². The van der Waals surface area contributed by atoms with Gasteiger partial charge in [-0.15, -0.1) is 0 Å². The number of nitrogens with zero attached hydrogens (tertiary/aromatic N) is 1. The van der Waals surface area contributed by atoms with Gasteiger partial charge in [0.1, 0.15) is 5.78 Å². The maximum absolute atomic E-state index is 12.5. The summed E-state index contributed by atoms with van der Waals surface area (Å²) < 4.78 is 0.940. The van der Waals surface area contributed by atoms with Crippen molar-refractivity contribution in [2.45, 2.75) is 26.7 Å². The van der Waals surface area contributed by atoms with Crippen LogP contribution >= 0.6 is 15.9 Å². The Morgan fingerprint density at radius 2 is 2.16 bits per heavy atom. The van der Waals surface area contributed by atoms with Gasteiger partial charge in [0.25, 0.3) is 0 Å². The molecule has 0 aliphatic carbocycles. The molecule has 4 heteroatoms. The second kappa shape index (κ2) is 5.87. The first-order valence-corrected chi connectivity index (χ1v) is 7.40. The number of hydrogen-bond donors (Lipinski definition) is 0. The lowest BCUT2D eigenvalue weighted by atomic mass is 9.87. The average molecular weight is 324 g/mol. The largest absolute Gasteiger partial charge is 0.312 e. The van der Waals surface area contributed by atoms with Gasteiger partial charge in [-0.1, -0.05) is 35.8 Å². The van der Waals surface area contributed by atoms with Crippen molar-refractivity contribution in [3.8, 4) is 0 Å². The SMILES string of the molecule is CC(C)C(=O)C1CCCN(c2cccc(Br)c2)C1=O. The zero-order chi connectivity index (χ0) is 14.0. The van der Waals surface area contributed by atoms with Gasteiger partial charge in [0.15, 0.2) is 0 Å². The summed E-state index contributed by atoms with van der Waals surface area (Å²) in [5, 5.41) is 0. The zero-order valence-corrected chi connectivity index (χ0v) is 12.8. The number of piperidine rings is 1. The summed E-state index contributed by atoms with van der Waals surface area (Å²) >= 11 is 3.41. The maximum atomic E-state index is 12.5. The fourth-order valence-electron chi connectivity index (χ4n) is 2.44. The molecule has 0 spiro atoms. The molecule has 1 unspecified atom stereocenters. The van der Waals surface area contributed by atoms with Crippen molar-refractivity contribution in [2.24, 2.45) is 11.8 Å². The fraction of sp³-hybridized carbons (Fsp3) is 0.467. The Hall–Kier alpha value is -1.16. The number of halogens is 1. The Morgan fingerprint density at radius 1 is 1.42 bits per heavy atom. The van der Waals surface area contributed by atoms with Crippen LogP contribution in [0.5, 0.6) is 0 Å². The van der Waals surface area contributed by atoms with Crippen LogP contribution < -0.4 is 4.90 Å². The molecule has 0 saturated carbocycles. The summed E-state index contributed by atoms with van der Waals surface area (Å²) in [5.41, 5.74) is 0.862. The van der Waals surface area contributed by atoms with E-state index in [0.29, 0.717) is 13.0 Å². The molecule has 0 bridgehead atoms. The standard InChI is InChI=1S/C15H18BrNO2/c1-10(2)14(18)13-7-4-8-17(15(13)19)12-6-3-5-11(16)9-12/h3,5-6,9-10,13H,4,7-8H2,1-2H3. The van der Waals surface area contributed by atoms with E-state index in [0.717, 1.165) is 16.6 Å². The van der Waals surface area contributed by atoms with Gasteiger partial charge in [-0.2, -0.15) is 0 Å². The Bertz CT molecular complexity index is 499. The third-order valence-electron chi connectivity index (χ3n) is 3.47. The molecular weight excluding hydrogens is 306 g/mol. The number of anilines is 1. The predicted octanol–water partition coefficient (Wildman–Crippen LogP) is 3.42. The van der Waals surface area contributed by atoms with Crippen LogP contribution in [-0.2, 0) is 9.59 Å². The van der Waals surface area contributed by atoms with Crippen LogP contribution in [0, 0.1) is 11.8 Å². The zero-order valence-electron chi connectivity index (χ0n) is 11.2. The molecule has 1 atom stereocenters. The number of ketones is 1. The van der Waals surface area contributed by atoms with E-state index in [9.17, 15) is 9.59 Å². The molecule has 1 fully saturated rings. The first-order chi connectivity index (χ1) is 9.00. The van der Waals surface area contributed by atoms with Crippen molar-refractivity contribution in [3.05, 3.63) is 28.7 Å². The van der Waals surface area contributed by atoms with Gasteiger partial charge in [0, 0.05) is 22.6 Å².